The number of anilines is 1. The van der Waals surface area contributed by atoms with E-state index < -0.39 is 0 Å². The van der Waals surface area contributed by atoms with Crippen LogP contribution in [0.25, 0.3) is 23.0 Å². The first-order chi connectivity index (χ1) is 9.24. The van der Waals surface area contributed by atoms with E-state index in [9.17, 15) is 4.79 Å². The van der Waals surface area contributed by atoms with Gasteiger partial charge in [-0.15, -0.1) is 0 Å². The van der Waals surface area contributed by atoms with Crippen molar-refractivity contribution >= 4 is 5.69 Å². The zero-order valence-electron chi connectivity index (χ0n) is 9.70. The quantitative estimate of drug-likeness (QED) is 0.662. The topological polar surface area (TPSA) is 111 Å². The maximum absolute atomic E-state index is 10.9. The Morgan fingerprint density at radius 2 is 2.00 bits per heavy atom. The Kier molecular flexibility index (Phi) is 2.57. The van der Waals surface area contributed by atoms with E-state index in [0.717, 1.165) is 0 Å². The fourth-order valence-corrected chi connectivity index (χ4v) is 1.60. The van der Waals surface area contributed by atoms with Crippen LogP contribution in [0.1, 0.15) is 0 Å². The van der Waals surface area contributed by atoms with Crippen LogP contribution in [0.15, 0.2) is 45.7 Å². The summed E-state index contributed by atoms with van der Waals surface area (Å²) in [5, 5.41) is 9.96. The molecule has 0 saturated carbocycles. The molecule has 2 aromatic heterocycles. The van der Waals surface area contributed by atoms with Crippen LogP contribution in [0, 0.1) is 0 Å². The smallest absolute Gasteiger partial charge is 0.278 e. The van der Waals surface area contributed by atoms with Gasteiger partial charge in [0.25, 0.3) is 11.4 Å². The SMILES string of the molecule is Nc1ccccc1-c1noc(-c2ccc(=O)[nH]n2)n1. The first-order valence-corrected chi connectivity index (χ1v) is 5.49. The lowest BCUT2D eigenvalue weighted by Crippen LogP contribution is -2.05. The molecule has 0 atom stereocenters. The number of nitrogens with two attached hydrogens (primary N) is 1. The summed E-state index contributed by atoms with van der Waals surface area (Å²) < 4.78 is 5.10. The van der Waals surface area contributed by atoms with Crippen molar-refractivity contribution in [3.05, 3.63) is 46.8 Å². The number of nitrogen functional groups attached to an aromatic ring is 1. The summed E-state index contributed by atoms with van der Waals surface area (Å²) in [4.78, 5) is 15.1. The van der Waals surface area contributed by atoms with Crippen LogP contribution in [-0.2, 0) is 0 Å². The van der Waals surface area contributed by atoms with Gasteiger partial charge in [0.1, 0.15) is 5.69 Å². The predicted octanol–water partition coefficient (Wildman–Crippen LogP) is 1.07. The van der Waals surface area contributed by atoms with Gasteiger partial charge in [-0.3, -0.25) is 4.79 Å². The second kappa shape index (κ2) is 4.37. The zero-order valence-corrected chi connectivity index (χ0v) is 9.70. The zero-order chi connectivity index (χ0) is 13.2. The van der Waals surface area contributed by atoms with Crippen molar-refractivity contribution in [1.82, 2.24) is 20.3 Å². The molecule has 0 bridgehead atoms. The standard InChI is InChI=1S/C12H9N5O2/c13-8-4-2-1-3-7(8)11-14-12(19-17-11)9-5-6-10(18)16-15-9/h1-6H,13H2,(H,16,18). The van der Waals surface area contributed by atoms with E-state index in [1.165, 1.54) is 12.1 Å². The van der Waals surface area contributed by atoms with Gasteiger partial charge in [0.2, 0.25) is 5.82 Å². The van der Waals surface area contributed by atoms with E-state index >= 15 is 0 Å². The maximum Gasteiger partial charge on any atom is 0.278 e. The molecule has 0 aliphatic carbocycles. The van der Waals surface area contributed by atoms with Gasteiger partial charge in [0, 0.05) is 17.3 Å². The molecular formula is C12H9N5O2. The third kappa shape index (κ3) is 2.08. The highest BCUT2D eigenvalue weighted by Gasteiger charge is 2.13. The molecule has 2 heterocycles. The second-order valence-corrected chi connectivity index (χ2v) is 3.82. The number of aromatic nitrogens is 4. The number of nitrogens with one attached hydrogen (secondary N) is 1. The number of hydrogen-bond acceptors (Lipinski definition) is 6. The van der Waals surface area contributed by atoms with E-state index in [-0.39, 0.29) is 11.4 Å². The predicted molar refractivity (Wildman–Crippen MR) is 68.0 cm³/mol. The molecule has 94 valence electrons. The number of rotatable bonds is 2. The molecule has 3 N–H and O–H groups in total. The van der Waals surface area contributed by atoms with E-state index in [4.69, 9.17) is 10.3 Å². The van der Waals surface area contributed by atoms with Crippen molar-refractivity contribution in [2.45, 2.75) is 0 Å². The largest absolute Gasteiger partial charge is 0.398 e. The van der Waals surface area contributed by atoms with Crippen molar-refractivity contribution in [2.75, 3.05) is 5.73 Å². The third-order valence-corrected chi connectivity index (χ3v) is 2.53. The van der Waals surface area contributed by atoms with Crippen molar-refractivity contribution < 1.29 is 4.52 Å². The molecule has 0 aliphatic rings. The molecule has 0 spiro atoms. The first-order valence-electron chi connectivity index (χ1n) is 5.49. The number of benzene rings is 1. The lowest BCUT2D eigenvalue weighted by atomic mass is 10.2. The number of hydrogen-bond donors (Lipinski definition) is 2. The van der Waals surface area contributed by atoms with Crippen molar-refractivity contribution in [3.8, 4) is 23.0 Å². The number of nitrogens with zero attached hydrogens (tertiary/aromatic N) is 3. The molecule has 3 aromatic rings. The van der Waals surface area contributed by atoms with Gasteiger partial charge in [0.15, 0.2) is 0 Å². The van der Waals surface area contributed by atoms with Crippen LogP contribution in [0.2, 0.25) is 0 Å². The second-order valence-electron chi connectivity index (χ2n) is 3.82. The Balaban J connectivity index is 2.02. The van der Waals surface area contributed by atoms with Crippen LogP contribution < -0.4 is 11.3 Å². The number of para-hydroxylation sites is 1. The first kappa shape index (κ1) is 11.1. The molecule has 19 heavy (non-hydrogen) atoms. The minimum atomic E-state index is -0.296. The van der Waals surface area contributed by atoms with Gasteiger partial charge in [-0.05, 0) is 18.2 Å². The number of H-pyrrole nitrogens is 1. The summed E-state index contributed by atoms with van der Waals surface area (Å²) >= 11 is 0. The fourth-order valence-electron chi connectivity index (χ4n) is 1.60. The number of aromatic amines is 1. The van der Waals surface area contributed by atoms with E-state index in [1.807, 2.05) is 12.1 Å². The summed E-state index contributed by atoms with van der Waals surface area (Å²) in [6, 6.07) is 10.0. The highest BCUT2D eigenvalue weighted by atomic mass is 16.5. The Morgan fingerprint density at radius 1 is 1.16 bits per heavy atom. The van der Waals surface area contributed by atoms with Crippen LogP contribution in [0.3, 0.4) is 0 Å². The van der Waals surface area contributed by atoms with E-state index in [0.29, 0.717) is 22.8 Å². The Morgan fingerprint density at radius 3 is 2.74 bits per heavy atom. The summed E-state index contributed by atoms with van der Waals surface area (Å²) in [7, 11) is 0. The lowest BCUT2D eigenvalue weighted by Gasteiger charge is -1.97. The van der Waals surface area contributed by atoms with Crippen LogP contribution >= 0.6 is 0 Å². The Labute approximate surface area is 107 Å². The van der Waals surface area contributed by atoms with Gasteiger partial charge < -0.3 is 10.3 Å². The molecule has 7 nitrogen and oxygen atoms in total. The molecule has 1 aromatic carbocycles. The van der Waals surface area contributed by atoms with Gasteiger partial charge in [-0.2, -0.15) is 10.1 Å². The van der Waals surface area contributed by atoms with E-state index in [2.05, 4.69) is 20.3 Å². The van der Waals surface area contributed by atoms with Gasteiger partial charge in [-0.1, -0.05) is 17.3 Å². The highest BCUT2D eigenvalue weighted by molar-refractivity contribution is 5.71. The van der Waals surface area contributed by atoms with Crippen LogP contribution in [-0.4, -0.2) is 20.3 Å². The third-order valence-electron chi connectivity index (χ3n) is 2.53. The molecule has 0 amide bonds. The molecular weight excluding hydrogens is 246 g/mol. The summed E-state index contributed by atoms with van der Waals surface area (Å²) in [5.41, 5.74) is 7.18. The normalized spacial score (nSPS) is 10.5. The average Bonchev–Trinajstić information content (AvgIpc) is 2.89. The molecule has 0 saturated heterocycles. The van der Waals surface area contributed by atoms with Crippen LogP contribution in [0.5, 0.6) is 0 Å². The summed E-state index contributed by atoms with van der Waals surface area (Å²) in [6.45, 7) is 0. The molecule has 3 rings (SSSR count). The van der Waals surface area contributed by atoms with Gasteiger partial charge >= 0.3 is 0 Å². The summed E-state index contributed by atoms with van der Waals surface area (Å²) in [6.07, 6.45) is 0. The highest BCUT2D eigenvalue weighted by Crippen LogP contribution is 2.24. The fraction of sp³-hybridized carbons (Fsp3) is 0. The molecule has 0 fully saturated rings. The average molecular weight is 255 g/mol. The van der Waals surface area contributed by atoms with Crippen molar-refractivity contribution in [1.29, 1.82) is 0 Å². The van der Waals surface area contributed by atoms with Crippen molar-refractivity contribution in [2.24, 2.45) is 0 Å². The molecule has 0 aliphatic heterocycles. The minimum Gasteiger partial charge on any atom is -0.398 e. The molecule has 0 unspecified atom stereocenters. The Hall–Kier alpha value is -2.96. The van der Waals surface area contributed by atoms with Crippen LogP contribution in [0.4, 0.5) is 5.69 Å². The Bertz CT molecular complexity index is 757. The van der Waals surface area contributed by atoms with Gasteiger partial charge in [0.05, 0.1) is 0 Å². The summed E-state index contributed by atoms with van der Waals surface area (Å²) in [5.74, 6) is 0.593. The lowest BCUT2D eigenvalue weighted by molar-refractivity contribution is 0.430. The molecule has 7 heteroatoms. The van der Waals surface area contributed by atoms with Gasteiger partial charge in [-0.25, -0.2) is 5.10 Å². The molecule has 0 radical (unpaired) electrons. The van der Waals surface area contributed by atoms with E-state index in [1.54, 1.807) is 12.1 Å². The minimum absolute atomic E-state index is 0.217. The monoisotopic (exact) mass is 255 g/mol. The maximum atomic E-state index is 10.9. The van der Waals surface area contributed by atoms with Crippen molar-refractivity contribution in [3.63, 3.8) is 0 Å².